The average molecular weight is 309 g/mol. The number of hydrogen-bond donors (Lipinski definition) is 1. The van der Waals surface area contributed by atoms with E-state index in [2.05, 4.69) is 63.6 Å². The first-order valence-electron chi connectivity index (χ1n) is 5.84. The van der Waals surface area contributed by atoms with Crippen molar-refractivity contribution in [2.75, 3.05) is 7.05 Å². The van der Waals surface area contributed by atoms with Crippen molar-refractivity contribution in [3.63, 3.8) is 0 Å². The molecular formula is C13H17BrN4. The second-order valence-electron chi connectivity index (χ2n) is 4.45. The molecule has 18 heavy (non-hydrogen) atoms. The van der Waals surface area contributed by atoms with Gasteiger partial charge in [-0.25, -0.2) is 4.68 Å². The second-order valence-corrected chi connectivity index (χ2v) is 5.21. The van der Waals surface area contributed by atoms with Crippen LogP contribution in [-0.4, -0.2) is 22.0 Å². The molecule has 0 radical (unpaired) electrons. The fourth-order valence-corrected chi connectivity index (χ4v) is 2.61. The number of aromatic nitrogens is 3. The quantitative estimate of drug-likeness (QED) is 0.947. The summed E-state index contributed by atoms with van der Waals surface area (Å²) in [5.74, 6) is 0. The summed E-state index contributed by atoms with van der Waals surface area (Å²) in [4.78, 5) is 0. The van der Waals surface area contributed by atoms with E-state index in [0.717, 1.165) is 10.3 Å². The third-order valence-corrected chi connectivity index (χ3v) is 3.82. The van der Waals surface area contributed by atoms with Gasteiger partial charge in [-0.05, 0) is 53.5 Å². The summed E-state index contributed by atoms with van der Waals surface area (Å²) < 4.78 is 2.57. The van der Waals surface area contributed by atoms with Gasteiger partial charge in [-0.1, -0.05) is 23.4 Å². The molecule has 2 aromatic rings. The van der Waals surface area contributed by atoms with Gasteiger partial charge >= 0.3 is 0 Å². The van der Waals surface area contributed by atoms with Crippen LogP contribution >= 0.6 is 15.9 Å². The first-order chi connectivity index (χ1) is 8.54. The lowest BCUT2D eigenvalue weighted by Gasteiger charge is -2.18. The molecule has 1 atom stereocenters. The van der Waals surface area contributed by atoms with Gasteiger partial charge in [-0.15, -0.1) is 5.10 Å². The topological polar surface area (TPSA) is 42.7 Å². The van der Waals surface area contributed by atoms with Crippen LogP contribution in [0.1, 0.15) is 28.4 Å². The van der Waals surface area contributed by atoms with Crippen molar-refractivity contribution in [2.24, 2.45) is 7.05 Å². The van der Waals surface area contributed by atoms with Crippen molar-refractivity contribution in [1.29, 1.82) is 0 Å². The highest BCUT2D eigenvalue weighted by Gasteiger charge is 2.20. The van der Waals surface area contributed by atoms with Crippen LogP contribution in [0.2, 0.25) is 0 Å². The normalized spacial score (nSPS) is 12.7. The Hall–Kier alpha value is -1.20. The van der Waals surface area contributed by atoms with Crippen LogP contribution in [-0.2, 0) is 7.05 Å². The molecule has 96 valence electrons. The van der Waals surface area contributed by atoms with Gasteiger partial charge in [0.2, 0.25) is 0 Å². The van der Waals surface area contributed by atoms with Crippen molar-refractivity contribution in [2.45, 2.75) is 19.9 Å². The standard InChI is InChI=1S/C13H17BrN4/c1-8-5-6-10(7-9(8)2)11(15-3)12-13(14)16-17-18(12)4/h5-7,11,15H,1-4H3. The summed E-state index contributed by atoms with van der Waals surface area (Å²) in [5.41, 5.74) is 4.84. The van der Waals surface area contributed by atoms with E-state index in [-0.39, 0.29) is 6.04 Å². The van der Waals surface area contributed by atoms with E-state index >= 15 is 0 Å². The maximum absolute atomic E-state index is 4.04. The number of rotatable bonds is 3. The van der Waals surface area contributed by atoms with Crippen LogP contribution in [0.25, 0.3) is 0 Å². The first kappa shape index (κ1) is 13.2. The highest BCUT2D eigenvalue weighted by atomic mass is 79.9. The van der Waals surface area contributed by atoms with Crippen LogP contribution in [0.4, 0.5) is 0 Å². The van der Waals surface area contributed by atoms with Gasteiger partial charge in [-0.2, -0.15) is 0 Å². The van der Waals surface area contributed by atoms with Crippen LogP contribution in [0.3, 0.4) is 0 Å². The van der Waals surface area contributed by atoms with Gasteiger partial charge in [0.1, 0.15) is 0 Å². The first-order valence-corrected chi connectivity index (χ1v) is 6.63. The molecule has 4 nitrogen and oxygen atoms in total. The predicted molar refractivity (Wildman–Crippen MR) is 75.5 cm³/mol. The van der Waals surface area contributed by atoms with Crippen molar-refractivity contribution in [3.05, 3.63) is 45.2 Å². The Balaban J connectivity index is 2.48. The lowest BCUT2D eigenvalue weighted by atomic mass is 9.99. The van der Waals surface area contributed by atoms with Gasteiger partial charge < -0.3 is 5.32 Å². The summed E-state index contributed by atoms with van der Waals surface area (Å²) in [7, 11) is 3.85. The van der Waals surface area contributed by atoms with Gasteiger partial charge in [0.05, 0.1) is 11.7 Å². The minimum absolute atomic E-state index is 0.0821. The Morgan fingerprint density at radius 1 is 1.28 bits per heavy atom. The Labute approximate surface area is 116 Å². The monoisotopic (exact) mass is 308 g/mol. The highest BCUT2D eigenvalue weighted by molar-refractivity contribution is 9.10. The van der Waals surface area contributed by atoms with Crippen molar-refractivity contribution < 1.29 is 0 Å². The minimum atomic E-state index is 0.0821. The zero-order valence-electron chi connectivity index (χ0n) is 11.0. The molecule has 1 heterocycles. The maximum atomic E-state index is 4.04. The molecule has 1 N–H and O–H groups in total. The largest absolute Gasteiger partial charge is 0.308 e. The molecule has 0 amide bonds. The molecule has 5 heteroatoms. The Kier molecular flexibility index (Phi) is 3.82. The number of benzene rings is 1. The fraction of sp³-hybridized carbons (Fsp3) is 0.385. The number of hydrogen-bond acceptors (Lipinski definition) is 3. The molecular weight excluding hydrogens is 292 g/mol. The molecule has 0 spiro atoms. The van der Waals surface area contributed by atoms with Crippen molar-refractivity contribution in [1.82, 2.24) is 20.3 Å². The number of aryl methyl sites for hydroxylation is 3. The maximum Gasteiger partial charge on any atom is 0.153 e. The zero-order chi connectivity index (χ0) is 13.3. The van der Waals surface area contributed by atoms with Gasteiger partial charge in [0.25, 0.3) is 0 Å². The third kappa shape index (κ3) is 2.33. The molecule has 1 unspecified atom stereocenters. The summed E-state index contributed by atoms with van der Waals surface area (Å²) in [6.07, 6.45) is 0. The molecule has 0 bridgehead atoms. The molecule has 0 saturated heterocycles. The second kappa shape index (κ2) is 5.20. The SMILES string of the molecule is CNC(c1ccc(C)c(C)c1)c1c(Br)nnn1C. The highest BCUT2D eigenvalue weighted by Crippen LogP contribution is 2.27. The van der Waals surface area contributed by atoms with Gasteiger partial charge in [-0.3, -0.25) is 0 Å². The van der Waals surface area contributed by atoms with Crippen LogP contribution in [0.15, 0.2) is 22.8 Å². The van der Waals surface area contributed by atoms with Gasteiger partial charge in [0.15, 0.2) is 4.60 Å². The van der Waals surface area contributed by atoms with E-state index in [9.17, 15) is 0 Å². The molecule has 0 saturated carbocycles. The Bertz CT molecular complexity index is 543. The van der Waals surface area contributed by atoms with E-state index in [1.54, 1.807) is 4.68 Å². The molecule has 0 aliphatic heterocycles. The van der Waals surface area contributed by atoms with E-state index < -0.39 is 0 Å². The van der Waals surface area contributed by atoms with Crippen molar-refractivity contribution in [3.8, 4) is 0 Å². The van der Waals surface area contributed by atoms with Crippen LogP contribution in [0, 0.1) is 13.8 Å². The molecule has 0 aliphatic rings. The van der Waals surface area contributed by atoms with Gasteiger partial charge in [0, 0.05) is 7.05 Å². The van der Waals surface area contributed by atoms with E-state index in [0.29, 0.717) is 0 Å². The molecule has 0 fully saturated rings. The predicted octanol–water partition coefficient (Wildman–Crippen LogP) is 2.50. The Morgan fingerprint density at radius 3 is 2.50 bits per heavy atom. The molecule has 1 aromatic heterocycles. The summed E-state index contributed by atoms with van der Waals surface area (Å²) in [5, 5.41) is 11.4. The molecule has 1 aromatic carbocycles. The van der Waals surface area contributed by atoms with Crippen LogP contribution < -0.4 is 5.32 Å². The lowest BCUT2D eigenvalue weighted by Crippen LogP contribution is -2.21. The molecule has 2 rings (SSSR count). The van der Waals surface area contributed by atoms with E-state index in [1.165, 1.54) is 16.7 Å². The van der Waals surface area contributed by atoms with E-state index in [4.69, 9.17) is 0 Å². The smallest absolute Gasteiger partial charge is 0.153 e. The number of nitrogens with one attached hydrogen (secondary N) is 1. The van der Waals surface area contributed by atoms with Crippen LogP contribution in [0.5, 0.6) is 0 Å². The summed E-state index contributed by atoms with van der Waals surface area (Å²) in [6, 6.07) is 6.57. The Morgan fingerprint density at radius 2 is 2.00 bits per heavy atom. The third-order valence-electron chi connectivity index (χ3n) is 3.25. The summed E-state index contributed by atoms with van der Waals surface area (Å²) >= 11 is 3.45. The fourth-order valence-electron chi connectivity index (χ4n) is 2.05. The minimum Gasteiger partial charge on any atom is -0.308 e. The van der Waals surface area contributed by atoms with E-state index in [1.807, 2.05) is 14.1 Å². The number of nitrogens with zero attached hydrogens (tertiary/aromatic N) is 3. The zero-order valence-corrected chi connectivity index (χ0v) is 12.6. The number of halogens is 1. The molecule has 0 aliphatic carbocycles. The van der Waals surface area contributed by atoms with Crippen molar-refractivity contribution >= 4 is 15.9 Å². The lowest BCUT2D eigenvalue weighted by molar-refractivity contribution is 0.596. The average Bonchev–Trinajstić information content (AvgIpc) is 2.66. The summed E-state index contributed by atoms with van der Waals surface area (Å²) in [6.45, 7) is 4.25.